The van der Waals surface area contributed by atoms with Crippen molar-refractivity contribution >= 4 is 74.5 Å². The average molecular weight is 977 g/mol. The Morgan fingerprint density at radius 3 is 1.90 bits per heavy atom. The molecule has 2 amide bonds. The molecule has 0 bridgehead atoms. The van der Waals surface area contributed by atoms with E-state index in [1.165, 1.54) is 16.7 Å². The number of ether oxygens (including phenoxy) is 1. The smallest absolute Gasteiger partial charge is 0.356 e. The lowest BCUT2D eigenvalue weighted by molar-refractivity contribution is -0.154. The highest BCUT2D eigenvalue weighted by atomic mass is 127. The van der Waals surface area contributed by atoms with E-state index >= 15 is 0 Å². The van der Waals surface area contributed by atoms with Gasteiger partial charge in [-0.3, -0.25) is 14.5 Å². The summed E-state index contributed by atoms with van der Waals surface area (Å²) in [5, 5.41) is 9.80. The van der Waals surface area contributed by atoms with Crippen LogP contribution in [0.25, 0.3) is 0 Å². The van der Waals surface area contributed by atoms with Crippen LogP contribution in [0.1, 0.15) is 39.7 Å². The normalized spacial score (nSPS) is 16.5. The molecule has 2 aliphatic heterocycles. The minimum atomic E-state index is -1.32. The lowest BCUT2D eigenvalue weighted by Gasteiger charge is -2.49. The molecule has 2 atom stereocenters. The van der Waals surface area contributed by atoms with Crippen molar-refractivity contribution < 1.29 is 28.3 Å². The van der Waals surface area contributed by atoms with Crippen molar-refractivity contribution in [2.75, 3.05) is 22.4 Å². The Balaban J connectivity index is 1.06. The number of thioether (sulfide) groups is 1. The zero-order chi connectivity index (χ0) is 42.9. The van der Waals surface area contributed by atoms with Gasteiger partial charge in [0.2, 0.25) is 16.7 Å². The van der Waals surface area contributed by atoms with Crippen molar-refractivity contribution in [3.05, 3.63) is 209 Å². The minimum absolute atomic E-state index is 0.104. The molecule has 2 aliphatic rings. The zero-order valence-corrected chi connectivity index (χ0v) is 36.6. The number of hydrogen-bond acceptors (Lipinski definition) is 11. The number of halogens is 2. The number of anilines is 1. The van der Waals surface area contributed by atoms with Crippen LogP contribution in [0.15, 0.2) is 180 Å². The maximum Gasteiger partial charge on any atom is 0.356 e. The van der Waals surface area contributed by atoms with Gasteiger partial charge in [0.15, 0.2) is 6.10 Å². The molecule has 1 aromatic heterocycles. The van der Waals surface area contributed by atoms with Crippen LogP contribution >= 0.6 is 45.9 Å². The number of esters is 1. The number of rotatable bonds is 16. The molecule has 312 valence electrons. The Morgan fingerprint density at radius 2 is 1.39 bits per heavy atom. The Hall–Kier alpha value is -6.17. The molecule has 6 aromatic rings. The molecule has 3 heterocycles. The van der Waals surface area contributed by atoms with Crippen LogP contribution in [0.4, 0.5) is 9.52 Å². The molecule has 5 aromatic carbocycles. The first-order valence-electron chi connectivity index (χ1n) is 19.5. The van der Waals surface area contributed by atoms with Crippen LogP contribution in [0.2, 0.25) is 0 Å². The molecule has 1 saturated heterocycles. The van der Waals surface area contributed by atoms with Gasteiger partial charge >= 0.3 is 5.97 Å². The lowest BCUT2D eigenvalue weighted by atomic mass is 9.77. The number of β-lactam (4-membered cyclic amide) rings is 1. The van der Waals surface area contributed by atoms with E-state index in [0.29, 0.717) is 20.9 Å². The summed E-state index contributed by atoms with van der Waals surface area (Å²) >= 11 is 4.57. The first-order chi connectivity index (χ1) is 30.4. The van der Waals surface area contributed by atoms with Gasteiger partial charge in [0, 0.05) is 21.7 Å². The summed E-state index contributed by atoms with van der Waals surface area (Å²) < 4.78 is 24.8. The molecule has 0 radical (unpaired) electrons. The van der Waals surface area contributed by atoms with Crippen molar-refractivity contribution in [2.45, 2.75) is 23.1 Å². The fourth-order valence-corrected chi connectivity index (χ4v) is 9.69. The number of benzene rings is 5. The molecule has 11 nitrogen and oxygen atoms in total. The molecule has 0 saturated carbocycles. The number of fused-ring (bicyclic) bond motifs is 1. The van der Waals surface area contributed by atoms with E-state index < -0.39 is 53.4 Å². The zero-order valence-electron chi connectivity index (χ0n) is 32.8. The fourth-order valence-electron chi connectivity index (χ4n) is 7.49. The SMILES string of the molecule is O=C(OC(c1ccccc1)c1ccccc1)C1=C(C=CCI)CS[C@@H]2[C@H](NC(=O)/C(=N\OCF)c3nsc(NC(c4ccccc4)(c4ccccc4)c4ccccc4)n3)C(=O)N12. The number of allylic oxidation sites excluding steroid dienone is 2. The van der Waals surface area contributed by atoms with Gasteiger partial charge in [0.1, 0.15) is 22.7 Å². The van der Waals surface area contributed by atoms with Gasteiger partial charge in [-0.2, -0.15) is 9.36 Å². The van der Waals surface area contributed by atoms with Gasteiger partial charge in [-0.05, 0) is 33.4 Å². The number of nitrogens with zero attached hydrogens (tertiary/aromatic N) is 4. The van der Waals surface area contributed by atoms with E-state index in [2.05, 4.69) is 47.7 Å². The van der Waals surface area contributed by atoms with E-state index in [0.717, 1.165) is 39.3 Å². The van der Waals surface area contributed by atoms with Gasteiger partial charge in [0.05, 0.1) is 0 Å². The molecule has 15 heteroatoms. The van der Waals surface area contributed by atoms with Crippen molar-refractivity contribution in [1.82, 2.24) is 19.6 Å². The van der Waals surface area contributed by atoms with Crippen molar-refractivity contribution in [2.24, 2.45) is 5.16 Å². The quantitative estimate of drug-likeness (QED) is 0.0186. The third kappa shape index (κ3) is 8.78. The molecule has 0 unspecified atom stereocenters. The first-order valence-corrected chi connectivity index (χ1v) is 22.8. The van der Waals surface area contributed by atoms with Crippen LogP contribution < -0.4 is 10.6 Å². The van der Waals surface area contributed by atoms with E-state index in [4.69, 9.17) is 9.57 Å². The van der Waals surface area contributed by atoms with Crippen molar-refractivity contribution in [1.29, 1.82) is 0 Å². The molecule has 62 heavy (non-hydrogen) atoms. The third-order valence-corrected chi connectivity index (χ3v) is 12.7. The molecular weight excluding hydrogens is 939 g/mol. The van der Waals surface area contributed by atoms with Gasteiger partial charge in [0.25, 0.3) is 18.7 Å². The van der Waals surface area contributed by atoms with Crippen LogP contribution in [0, 0.1) is 0 Å². The number of hydrogen-bond donors (Lipinski definition) is 2. The standard InChI is InChI=1S/C47H38FIN6O5S2/c48-30-59-53-37(41-51-46(62-54-41)52-47(34-22-10-3-11-23-34,35-24-12-4-13-25-35)36-26-14-5-15-27-36)42(56)50-38-43(57)55-39(33(21-16-28-49)29-61-44(38)55)45(58)60-40(31-17-6-1-7-18-31)32-19-8-2-9-20-32/h1-27,38,40,44H,28-30H2,(H,50,56)(H,51,52,54)/b21-16?,53-37-/t38-,44-/m1/s1. The Morgan fingerprint density at radius 1 is 0.855 bits per heavy atom. The number of carbonyl (C=O) groups is 3. The highest BCUT2D eigenvalue weighted by Gasteiger charge is 2.55. The predicted octanol–water partition coefficient (Wildman–Crippen LogP) is 8.57. The second kappa shape index (κ2) is 19.7. The van der Waals surface area contributed by atoms with Gasteiger partial charge in [-0.1, -0.05) is 192 Å². The number of nitrogens with one attached hydrogen (secondary N) is 2. The molecule has 0 spiro atoms. The molecule has 1 fully saturated rings. The van der Waals surface area contributed by atoms with Crippen LogP contribution in [0.3, 0.4) is 0 Å². The summed E-state index contributed by atoms with van der Waals surface area (Å²) in [5.41, 5.74) is 3.62. The summed E-state index contributed by atoms with van der Waals surface area (Å²) in [6, 6.07) is 47.3. The Labute approximate surface area is 379 Å². The van der Waals surface area contributed by atoms with Gasteiger partial charge < -0.3 is 20.2 Å². The minimum Gasteiger partial charge on any atom is -0.448 e. The predicted molar refractivity (Wildman–Crippen MR) is 247 cm³/mol. The first kappa shape index (κ1) is 42.5. The van der Waals surface area contributed by atoms with Crippen LogP contribution in [-0.2, 0) is 29.5 Å². The van der Waals surface area contributed by atoms with Crippen LogP contribution in [0.5, 0.6) is 0 Å². The average Bonchev–Trinajstić information content (AvgIpc) is 3.79. The monoisotopic (exact) mass is 976 g/mol. The number of aromatic nitrogens is 2. The number of alkyl halides is 2. The van der Waals surface area contributed by atoms with Gasteiger partial charge in [-0.25, -0.2) is 9.18 Å². The summed E-state index contributed by atoms with van der Waals surface area (Å²) in [6.07, 6.45) is 2.98. The summed E-state index contributed by atoms with van der Waals surface area (Å²) in [5.74, 6) is -1.85. The van der Waals surface area contributed by atoms with E-state index in [9.17, 15) is 18.8 Å². The highest BCUT2D eigenvalue weighted by molar-refractivity contribution is 14.1. The van der Waals surface area contributed by atoms with Crippen LogP contribution in [-0.4, -0.2) is 66.2 Å². The summed E-state index contributed by atoms with van der Waals surface area (Å²) in [4.78, 5) is 53.2. The Kier molecular flexibility index (Phi) is 13.5. The summed E-state index contributed by atoms with van der Waals surface area (Å²) in [7, 11) is 0. The van der Waals surface area contributed by atoms with E-state index in [1.54, 1.807) is 0 Å². The second-order valence-electron chi connectivity index (χ2n) is 14.0. The number of oxime groups is 1. The molecule has 8 rings (SSSR count). The molecule has 2 N–H and O–H groups in total. The van der Waals surface area contributed by atoms with E-state index in [-0.39, 0.29) is 11.5 Å². The third-order valence-electron chi connectivity index (χ3n) is 10.3. The Bertz CT molecular complexity index is 2470. The molecule has 0 aliphatic carbocycles. The topological polar surface area (TPSA) is 135 Å². The number of carbonyl (C=O) groups excluding carboxylic acids is 3. The van der Waals surface area contributed by atoms with Crippen molar-refractivity contribution in [3.8, 4) is 0 Å². The summed E-state index contributed by atoms with van der Waals surface area (Å²) in [6.45, 7) is -1.32. The lowest BCUT2D eigenvalue weighted by Crippen LogP contribution is -2.71. The largest absolute Gasteiger partial charge is 0.448 e. The second-order valence-corrected chi connectivity index (χ2v) is 16.7. The van der Waals surface area contributed by atoms with E-state index in [1.807, 2.05) is 164 Å². The number of amides is 2. The highest BCUT2D eigenvalue weighted by Crippen LogP contribution is 2.43. The molecular formula is C47H38FIN6O5S2. The maximum atomic E-state index is 14.3. The van der Waals surface area contributed by atoms with Crippen molar-refractivity contribution in [3.63, 3.8) is 0 Å². The fraction of sp³-hybridized carbons (Fsp3) is 0.149. The van der Waals surface area contributed by atoms with Gasteiger partial charge in [-0.15, -0.1) is 11.8 Å². The maximum absolute atomic E-state index is 14.3.